The summed E-state index contributed by atoms with van der Waals surface area (Å²) in [5.74, 6) is 0.363. The van der Waals surface area contributed by atoms with Crippen molar-refractivity contribution >= 4 is 5.97 Å². The number of carbonyl (C=O) groups excluding carboxylic acids is 1. The van der Waals surface area contributed by atoms with E-state index in [1.807, 2.05) is 31.2 Å². The van der Waals surface area contributed by atoms with Crippen molar-refractivity contribution in [1.82, 2.24) is 0 Å². The molecule has 6 nitrogen and oxygen atoms in total. The van der Waals surface area contributed by atoms with E-state index in [2.05, 4.69) is 6.58 Å². The Balaban J connectivity index is 1.97. The van der Waals surface area contributed by atoms with Gasteiger partial charge in [-0.25, -0.2) is 0 Å². The van der Waals surface area contributed by atoms with Gasteiger partial charge >= 0.3 is 5.97 Å². The van der Waals surface area contributed by atoms with E-state index in [0.717, 1.165) is 11.3 Å². The Morgan fingerprint density at radius 1 is 1.42 bits per heavy atom. The van der Waals surface area contributed by atoms with Gasteiger partial charge in [-0.3, -0.25) is 4.79 Å². The lowest BCUT2D eigenvalue weighted by atomic mass is 9.91. The van der Waals surface area contributed by atoms with Crippen LogP contribution < -0.4 is 4.74 Å². The molecular formula is C20H28O6. The SMILES string of the molecule is C=C[C@@H]1OC(c2ccc(OC)cc2)O[C@]1(C)CC[C@@H](O)CC(=O)OCC. The normalized spacial score (nSPS) is 26.3. The zero-order valence-electron chi connectivity index (χ0n) is 15.6. The number of rotatable bonds is 9. The summed E-state index contributed by atoms with van der Waals surface area (Å²) in [6.07, 6.45) is 1.00. The summed E-state index contributed by atoms with van der Waals surface area (Å²) >= 11 is 0. The van der Waals surface area contributed by atoms with Gasteiger partial charge in [0, 0.05) is 5.56 Å². The first-order valence-corrected chi connectivity index (χ1v) is 8.85. The van der Waals surface area contributed by atoms with Gasteiger partial charge < -0.3 is 24.1 Å². The molecule has 26 heavy (non-hydrogen) atoms. The average Bonchev–Trinajstić information content (AvgIpc) is 2.97. The van der Waals surface area contributed by atoms with Crippen LogP contribution in [0.4, 0.5) is 0 Å². The van der Waals surface area contributed by atoms with Gasteiger partial charge in [-0.05, 0) is 38.8 Å². The van der Waals surface area contributed by atoms with Crippen LogP contribution in [0.3, 0.4) is 0 Å². The molecule has 0 aliphatic carbocycles. The van der Waals surface area contributed by atoms with Crippen molar-refractivity contribution < 1.29 is 28.8 Å². The first-order chi connectivity index (χ1) is 12.4. The number of esters is 1. The Kier molecular flexibility index (Phi) is 7.20. The van der Waals surface area contributed by atoms with E-state index in [9.17, 15) is 9.90 Å². The standard InChI is InChI=1S/C20H28O6/c1-5-17-20(3,12-11-15(21)13-18(22)24-6-2)26-19(25-17)14-7-9-16(23-4)10-8-14/h5,7-10,15,17,19,21H,1,6,11-13H2,2-4H3/t15-,17+,19?,20-/m1/s1. The molecule has 0 bridgehead atoms. The maximum atomic E-state index is 11.5. The quantitative estimate of drug-likeness (QED) is 0.536. The molecule has 1 aliphatic heterocycles. The van der Waals surface area contributed by atoms with E-state index >= 15 is 0 Å². The van der Waals surface area contributed by atoms with Crippen molar-refractivity contribution in [2.45, 2.75) is 57.2 Å². The number of benzene rings is 1. The summed E-state index contributed by atoms with van der Waals surface area (Å²) in [4.78, 5) is 11.5. The third kappa shape index (κ3) is 5.06. The molecule has 1 heterocycles. The third-order valence-electron chi connectivity index (χ3n) is 4.53. The van der Waals surface area contributed by atoms with Gasteiger partial charge in [0.2, 0.25) is 0 Å². The maximum absolute atomic E-state index is 11.5. The summed E-state index contributed by atoms with van der Waals surface area (Å²) in [5, 5.41) is 10.1. The smallest absolute Gasteiger partial charge is 0.308 e. The first kappa shape index (κ1) is 20.4. The maximum Gasteiger partial charge on any atom is 0.308 e. The second kappa shape index (κ2) is 9.16. The van der Waals surface area contributed by atoms with E-state index in [4.69, 9.17) is 18.9 Å². The summed E-state index contributed by atoms with van der Waals surface area (Å²) in [5.41, 5.74) is 0.246. The van der Waals surface area contributed by atoms with Crippen LogP contribution in [0.5, 0.6) is 5.75 Å². The average molecular weight is 364 g/mol. The van der Waals surface area contributed by atoms with Gasteiger partial charge in [0.15, 0.2) is 6.29 Å². The molecule has 1 aromatic carbocycles. The van der Waals surface area contributed by atoms with Gasteiger partial charge in [-0.1, -0.05) is 18.2 Å². The van der Waals surface area contributed by atoms with Gasteiger partial charge in [-0.2, -0.15) is 0 Å². The number of aliphatic hydroxyl groups excluding tert-OH is 1. The van der Waals surface area contributed by atoms with E-state index in [-0.39, 0.29) is 12.5 Å². The summed E-state index contributed by atoms with van der Waals surface area (Å²) in [6.45, 7) is 7.81. The third-order valence-corrected chi connectivity index (χ3v) is 4.53. The highest BCUT2D eigenvalue weighted by molar-refractivity contribution is 5.69. The molecule has 4 atom stereocenters. The number of hydrogen-bond acceptors (Lipinski definition) is 6. The number of hydrogen-bond donors (Lipinski definition) is 1. The second-order valence-corrected chi connectivity index (χ2v) is 6.53. The van der Waals surface area contributed by atoms with Gasteiger partial charge in [-0.15, -0.1) is 6.58 Å². The summed E-state index contributed by atoms with van der Waals surface area (Å²) in [6, 6.07) is 7.49. The number of ether oxygens (including phenoxy) is 4. The Labute approximate surface area is 154 Å². The fourth-order valence-corrected chi connectivity index (χ4v) is 3.00. The van der Waals surface area contributed by atoms with Crippen LogP contribution in [-0.2, 0) is 19.0 Å². The fraction of sp³-hybridized carbons (Fsp3) is 0.550. The van der Waals surface area contributed by atoms with Crippen molar-refractivity contribution in [3.05, 3.63) is 42.5 Å². The summed E-state index contributed by atoms with van der Waals surface area (Å²) < 4.78 is 22.2. The van der Waals surface area contributed by atoms with Gasteiger partial charge in [0.05, 0.1) is 31.8 Å². The minimum Gasteiger partial charge on any atom is -0.497 e. The Morgan fingerprint density at radius 2 is 2.12 bits per heavy atom. The van der Waals surface area contributed by atoms with E-state index in [0.29, 0.717) is 19.4 Å². The van der Waals surface area contributed by atoms with Crippen molar-refractivity contribution in [1.29, 1.82) is 0 Å². The van der Waals surface area contributed by atoms with Crippen molar-refractivity contribution in [2.75, 3.05) is 13.7 Å². The van der Waals surface area contributed by atoms with Crippen molar-refractivity contribution in [2.24, 2.45) is 0 Å². The summed E-state index contributed by atoms with van der Waals surface area (Å²) in [7, 11) is 1.62. The minimum atomic E-state index is -0.778. The molecule has 0 aromatic heterocycles. The molecule has 0 radical (unpaired) electrons. The minimum absolute atomic E-state index is 0.0224. The molecule has 0 saturated carbocycles. The highest BCUT2D eigenvalue weighted by Crippen LogP contribution is 2.41. The number of methoxy groups -OCH3 is 1. The lowest BCUT2D eigenvalue weighted by Crippen LogP contribution is -2.36. The second-order valence-electron chi connectivity index (χ2n) is 6.53. The molecule has 2 rings (SSSR count). The zero-order valence-corrected chi connectivity index (χ0v) is 15.6. The van der Waals surface area contributed by atoms with Crippen LogP contribution >= 0.6 is 0 Å². The van der Waals surface area contributed by atoms with E-state index in [1.54, 1.807) is 20.1 Å². The molecule has 1 aromatic rings. The predicted octanol–water partition coefficient (Wildman–Crippen LogP) is 3.15. The molecule has 1 aliphatic rings. The Hall–Kier alpha value is -1.89. The molecule has 144 valence electrons. The lowest BCUT2D eigenvalue weighted by Gasteiger charge is -2.27. The van der Waals surface area contributed by atoms with Crippen LogP contribution in [0.15, 0.2) is 36.9 Å². The van der Waals surface area contributed by atoms with Crippen molar-refractivity contribution in [3.8, 4) is 5.75 Å². The van der Waals surface area contributed by atoms with Crippen LogP contribution in [-0.4, -0.2) is 42.6 Å². The molecule has 0 amide bonds. The highest BCUT2D eigenvalue weighted by atomic mass is 16.7. The molecule has 6 heteroatoms. The molecule has 1 saturated heterocycles. The van der Waals surface area contributed by atoms with Gasteiger partial charge in [0.1, 0.15) is 11.9 Å². The predicted molar refractivity (Wildman–Crippen MR) is 96.8 cm³/mol. The molecular weight excluding hydrogens is 336 g/mol. The van der Waals surface area contributed by atoms with Crippen molar-refractivity contribution in [3.63, 3.8) is 0 Å². The number of aliphatic hydroxyl groups is 1. The largest absolute Gasteiger partial charge is 0.497 e. The molecule has 1 fully saturated rings. The van der Waals surface area contributed by atoms with Crippen LogP contribution in [0.2, 0.25) is 0 Å². The number of carbonyl (C=O) groups is 1. The van der Waals surface area contributed by atoms with Gasteiger partial charge in [0.25, 0.3) is 0 Å². The lowest BCUT2D eigenvalue weighted by molar-refractivity contribution is -0.145. The Bertz CT molecular complexity index is 599. The molecule has 1 unspecified atom stereocenters. The fourth-order valence-electron chi connectivity index (χ4n) is 3.00. The first-order valence-electron chi connectivity index (χ1n) is 8.85. The monoisotopic (exact) mass is 364 g/mol. The zero-order chi connectivity index (χ0) is 19.2. The van der Waals surface area contributed by atoms with E-state index in [1.165, 1.54) is 0 Å². The van der Waals surface area contributed by atoms with Crippen LogP contribution in [0, 0.1) is 0 Å². The molecule has 1 N–H and O–H groups in total. The Morgan fingerprint density at radius 3 is 2.69 bits per heavy atom. The topological polar surface area (TPSA) is 74.2 Å². The molecule has 0 spiro atoms. The highest BCUT2D eigenvalue weighted by Gasteiger charge is 2.45. The van der Waals surface area contributed by atoms with E-state index < -0.39 is 24.0 Å². The van der Waals surface area contributed by atoms with Crippen LogP contribution in [0.1, 0.15) is 45.0 Å². The van der Waals surface area contributed by atoms with Crippen LogP contribution in [0.25, 0.3) is 0 Å².